The lowest BCUT2D eigenvalue weighted by molar-refractivity contribution is 0.197. The van der Waals surface area contributed by atoms with Crippen molar-refractivity contribution in [1.29, 1.82) is 5.26 Å². The molecule has 1 fully saturated rings. The Morgan fingerprint density at radius 2 is 2.00 bits per heavy atom. The fraction of sp³-hybridized carbons (Fsp3) is 0.429. The predicted octanol–water partition coefficient (Wildman–Crippen LogP) is 3.64. The third-order valence-electron chi connectivity index (χ3n) is 3.36. The highest BCUT2D eigenvalue weighted by atomic mass is 35.5. The number of hydrogen-bond donors (Lipinski definition) is 1. The molecule has 0 atom stereocenters. The lowest BCUT2D eigenvalue weighted by Crippen LogP contribution is -2.41. The van der Waals surface area contributed by atoms with E-state index in [9.17, 15) is 4.79 Å². The molecule has 0 aromatic heterocycles. The molecule has 1 aromatic carbocycles. The van der Waals surface area contributed by atoms with Crippen molar-refractivity contribution in [3.05, 3.63) is 29.3 Å². The minimum absolute atomic E-state index is 0.129. The van der Waals surface area contributed by atoms with Crippen LogP contribution in [0.5, 0.6) is 0 Å². The summed E-state index contributed by atoms with van der Waals surface area (Å²) in [6, 6.07) is 8.99. The monoisotopic (exact) mass is 277 g/mol. The van der Waals surface area contributed by atoms with E-state index in [1.807, 2.05) is 0 Å². The number of halogens is 1. The molecule has 0 bridgehead atoms. The summed E-state index contributed by atoms with van der Waals surface area (Å²) >= 11 is 5.80. The van der Waals surface area contributed by atoms with E-state index in [0.717, 1.165) is 25.7 Å². The van der Waals surface area contributed by atoms with Gasteiger partial charge in [0.05, 0.1) is 6.07 Å². The van der Waals surface area contributed by atoms with Gasteiger partial charge in [0.15, 0.2) is 0 Å². The van der Waals surface area contributed by atoms with Crippen LogP contribution >= 0.6 is 11.6 Å². The molecule has 0 radical (unpaired) electrons. The van der Waals surface area contributed by atoms with Crippen molar-refractivity contribution in [2.45, 2.75) is 31.7 Å². The van der Waals surface area contributed by atoms with E-state index in [2.05, 4.69) is 11.4 Å². The van der Waals surface area contributed by atoms with E-state index in [0.29, 0.717) is 10.7 Å². The van der Waals surface area contributed by atoms with Crippen molar-refractivity contribution in [3.8, 4) is 6.07 Å². The zero-order valence-corrected chi connectivity index (χ0v) is 11.4. The van der Waals surface area contributed by atoms with Crippen molar-refractivity contribution in [2.24, 2.45) is 0 Å². The minimum Gasteiger partial charge on any atom is -0.308 e. The van der Waals surface area contributed by atoms with Crippen LogP contribution in [-0.2, 0) is 0 Å². The van der Waals surface area contributed by atoms with Gasteiger partial charge in [-0.05, 0) is 37.1 Å². The first kappa shape index (κ1) is 13.7. The maximum absolute atomic E-state index is 12.2. The molecule has 100 valence electrons. The second-order valence-electron chi connectivity index (χ2n) is 4.66. The molecular weight excluding hydrogens is 262 g/mol. The van der Waals surface area contributed by atoms with E-state index < -0.39 is 0 Å². The number of anilines is 1. The smallest absolute Gasteiger partial charge is 0.308 e. The number of benzene rings is 1. The third-order valence-corrected chi connectivity index (χ3v) is 3.61. The van der Waals surface area contributed by atoms with Crippen molar-refractivity contribution < 1.29 is 4.79 Å². The number of rotatable bonds is 3. The van der Waals surface area contributed by atoms with Crippen molar-refractivity contribution in [1.82, 2.24) is 4.90 Å². The van der Waals surface area contributed by atoms with Crippen LogP contribution < -0.4 is 5.32 Å². The number of amides is 2. The zero-order chi connectivity index (χ0) is 13.7. The molecule has 1 aliphatic rings. The molecule has 0 saturated heterocycles. The SMILES string of the molecule is N#CCN(C(=O)Nc1ccc(Cl)cc1)C1CCCC1. The number of hydrogen-bond acceptors (Lipinski definition) is 2. The second-order valence-corrected chi connectivity index (χ2v) is 5.10. The summed E-state index contributed by atoms with van der Waals surface area (Å²) in [6.07, 6.45) is 4.22. The van der Waals surface area contributed by atoms with Crippen molar-refractivity contribution >= 4 is 23.3 Å². The van der Waals surface area contributed by atoms with E-state index in [1.165, 1.54) is 0 Å². The number of urea groups is 1. The molecule has 1 aromatic rings. The summed E-state index contributed by atoms with van der Waals surface area (Å²) in [7, 11) is 0. The summed E-state index contributed by atoms with van der Waals surface area (Å²) in [5.74, 6) is 0. The van der Waals surface area contributed by atoms with Gasteiger partial charge < -0.3 is 10.2 Å². The van der Waals surface area contributed by atoms with E-state index in [4.69, 9.17) is 16.9 Å². The van der Waals surface area contributed by atoms with Crippen LogP contribution in [0.15, 0.2) is 24.3 Å². The molecule has 0 heterocycles. The van der Waals surface area contributed by atoms with E-state index in [1.54, 1.807) is 29.2 Å². The van der Waals surface area contributed by atoms with Gasteiger partial charge in [-0.3, -0.25) is 0 Å². The Morgan fingerprint density at radius 1 is 1.37 bits per heavy atom. The Balaban J connectivity index is 2.02. The highest BCUT2D eigenvalue weighted by Gasteiger charge is 2.26. The molecule has 0 aliphatic heterocycles. The zero-order valence-electron chi connectivity index (χ0n) is 10.6. The minimum atomic E-state index is -0.212. The maximum Gasteiger partial charge on any atom is 0.322 e. The third kappa shape index (κ3) is 3.62. The van der Waals surface area contributed by atoms with Crippen molar-refractivity contribution in [2.75, 3.05) is 11.9 Å². The Bertz CT molecular complexity index is 474. The number of carbonyl (C=O) groups is 1. The van der Waals surface area contributed by atoms with Gasteiger partial charge in [-0.15, -0.1) is 0 Å². The van der Waals surface area contributed by atoms with Gasteiger partial charge in [0.25, 0.3) is 0 Å². The fourth-order valence-electron chi connectivity index (χ4n) is 2.39. The lowest BCUT2D eigenvalue weighted by atomic mass is 10.2. The normalized spacial score (nSPS) is 14.9. The molecule has 1 N–H and O–H groups in total. The van der Waals surface area contributed by atoms with Crippen LogP contribution in [-0.4, -0.2) is 23.5 Å². The standard InChI is InChI=1S/C14H16ClN3O/c15-11-5-7-12(8-6-11)17-14(19)18(10-9-16)13-3-1-2-4-13/h5-8,13H,1-4,10H2,(H,17,19). The van der Waals surface area contributed by atoms with Crippen LogP contribution in [0.1, 0.15) is 25.7 Å². The second kappa shape index (κ2) is 6.44. The predicted molar refractivity (Wildman–Crippen MR) is 75.0 cm³/mol. The molecule has 2 amide bonds. The van der Waals surface area contributed by atoms with Gasteiger partial charge in [-0.2, -0.15) is 5.26 Å². The Morgan fingerprint density at radius 3 is 2.58 bits per heavy atom. The van der Waals surface area contributed by atoms with Crippen molar-refractivity contribution in [3.63, 3.8) is 0 Å². The quantitative estimate of drug-likeness (QED) is 0.858. The number of nitriles is 1. The molecule has 1 aliphatic carbocycles. The molecule has 19 heavy (non-hydrogen) atoms. The number of nitrogens with zero attached hydrogens (tertiary/aromatic N) is 2. The maximum atomic E-state index is 12.2. The average molecular weight is 278 g/mol. The first-order valence-corrected chi connectivity index (χ1v) is 6.78. The summed E-state index contributed by atoms with van der Waals surface area (Å²) in [4.78, 5) is 13.8. The van der Waals surface area contributed by atoms with Crippen LogP contribution in [0.4, 0.5) is 10.5 Å². The van der Waals surface area contributed by atoms with Gasteiger partial charge >= 0.3 is 6.03 Å². The van der Waals surface area contributed by atoms with Crippen LogP contribution in [0, 0.1) is 11.3 Å². The number of nitrogens with one attached hydrogen (secondary N) is 1. The molecular formula is C14H16ClN3O. The topological polar surface area (TPSA) is 56.1 Å². The first-order chi connectivity index (χ1) is 9.20. The van der Waals surface area contributed by atoms with Gasteiger partial charge in [-0.25, -0.2) is 4.79 Å². The molecule has 4 nitrogen and oxygen atoms in total. The van der Waals surface area contributed by atoms with E-state index >= 15 is 0 Å². The van der Waals surface area contributed by atoms with Gasteiger partial charge in [-0.1, -0.05) is 24.4 Å². The summed E-state index contributed by atoms with van der Waals surface area (Å²) < 4.78 is 0. The number of carbonyl (C=O) groups excluding carboxylic acids is 1. The Hall–Kier alpha value is -1.73. The van der Waals surface area contributed by atoms with Gasteiger partial charge in [0, 0.05) is 16.8 Å². The van der Waals surface area contributed by atoms with Crippen LogP contribution in [0.2, 0.25) is 5.02 Å². The molecule has 0 spiro atoms. The van der Waals surface area contributed by atoms with Crippen LogP contribution in [0.25, 0.3) is 0 Å². The molecule has 1 saturated carbocycles. The Labute approximate surface area is 118 Å². The summed E-state index contributed by atoms with van der Waals surface area (Å²) in [5, 5.41) is 12.3. The van der Waals surface area contributed by atoms with Gasteiger partial charge in [0.1, 0.15) is 6.54 Å². The van der Waals surface area contributed by atoms with E-state index in [-0.39, 0.29) is 18.6 Å². The summed E-state index contributed by atoms with van der Waals surface area (Å²) in [5.41, 5.74) is 0.690. The fourth-order valence-corrected chi connectivity index (χ4v) is 2.51. The first-order valence-electron chi connectivity index (χ1n) is 6.41. The molecule has 5 heteroatoms. The van der Waals surface area contributed by atoms with Crippen LogP contribution in [0.3, 0.4) is 0 Å². The average Bonchev–Trinajstić information content (AvgIpc) is 2.92. The highest BCUT2D eigenvalue weighted by molar-refractivity contribution is 6.30. The van der Waals surface area contributed by atoms with Gasteiger partial charge in [0.2, 0.25) is 0 Å². The highest BCUT2D eigenvalue weighted by Crippen LogP contribution is 2.24. The molecule has 0 unspecified atom stereocenters. The summed E-state index contributed by atoms with van der Waals surface area (Å²) in [6.45, 7) is 0.129. The Kier molecular flexibility index (Phi) is 4.64. The lowest BCUT2D eigenvalue weighted by Gasteiger charge is -2.26. The molecule has 2 rings (SSSR count). The largest absolute Gasteiger partial charge is 0.322 e.